The molecule has 1 saturated heterocycles. The van der Waals surface area contributed by atoms with Crippen LogP contribution >= 0.6 is 0 Å². The minimum Gasteiger partial charge on any atom is -0.338 e. The van der Waals surface area contributed by atoms with Crippen LogP contribution in [0, 0.1) is 13.8 Å². The summed E-state index contributed by atoms with van der Waals surface area (Å²) in [5.74, 6) is 1.21. The molecular formula is C18H21F3N8. The van der Waals surface area contributed by atoms with E-state index in [0.717, 1.165) is 23.3 Å². The highest BCUT2D eigenvalue weighted by atomic mass is 19.4. The number of aryl methyl sites for hydroxylation is 2. The Bertz CT molecular complexity index is 1020. The van der Waals surface area contributed by atoms with Crippen molar-refractivity contribution in [3.05, 3.63) is 29.6 Å². The topological polar surface area (TPSA) is 83.8 Å². The lowest BCUT2D eigenvalue weighted by Crippen LogP contribution is -2.44. The maximum Gasteiger partial charge on any atom is 0.408 e. The van der Waals surface area contributed by atoms with Gasteiger partial charge >= 0.3 is 6.18 Å². The SMILES string of the molecule is Cc1ccnc(Nc2nc(N3CCNCC3)nc3c(C)nn(CC(F)(F)F)c23)c1. The van der Waals surface area contributed by atoms with E-state index in [-0.39, 0.29) is 11.3 Å². The molecule has 0 unspecified atom stereocenters. The van der Waals surface area contributed by atoms with Crippen molar-refractivity contribution in [3.63, 3.8) is 0 Å². The van der Waals surface area contributed by atoms with Crippen LogP contribution < -0.4 is 15.5 Å². The number of hydrogen-bond acceptors (Lipinski definition) is 7. The number of rotatable bonds is 4. The third-order valence-electron chi connectivity index (χ3n) is 4.63. The van der Waals surface area contributed by atoms with Gasteiger partial charge in [0.05, 0.1) is 5.69 Å². The summed E-state index contributed by atoms with van der Waals surface area (Å²) in [7, 11) is 0. The molecule has 1 aliphatic heterocycles. The highest BCUT2D eigenvalue weighted by Gasteiger charge is 2.31. The van der Waals surface area contributed by atoms with Crippen molar-refractivity contribution in [1.29, 1.82) is 0 Å². The van der Waals surface area contributed by atoms with Crippen LogP contribution in [0.3, 0.4) is 0 Å². The summed E-state index contributed by atoms with van der Waals surface area (Å²) in [6.07, 6.45) is -2.78. The molecule has 29 heavy (non-hydrogen) atoms. The van der Waals surface area contributed by atoms with Crippen LogP contribution in [-0.4, -0.2) is 57.1 Å². The summed E-state index contributed by atoms with van der Waals surface area (Å²) in [6, 6.07) is 3.64. The number of aromatic nitrogens is 5. The Morgan fingerprint density at radius 2 is 1.93 bits per heavy atom. The predicted octanol–water partition coefficient (Wildman–Crippen LogP) is 2.55. The Hall–Kier alpha value is -2.95. The van der Waals surface area contributed by atoms with Gasteiger partial charge in [-0.25, -0.2) is 14.6 Å². The van der Waals surface area contributed by atoms with E-state index in [1.54, 1.807) is 19.2 Å². The molecule has 4 heterocycles. The Morgan fingerprint density at radius 1 is 1.17 bits per heavy atom. The molecule has 11 heteroatoms. The smallest absolute Gasteiger partial charge is 0.338 e. The number of alkyl halides is 3. The van der Waals surface area contributed by atoms with Crippen LogP contribution in [0.1, 0.15) is 11.3 Å². The standard InChI is InChI=1S/C18H21F3N8/c1-11-3-4-23-13(9-11)24-16-15-14(12(2)27-29(15)10-18(19,20)21)25-17(26-16)28-7-5-22-6-8-28/h3-4,9,22H,5-8,10H2,1-2H3,(H,23,24,25,26). The van der Waals surface area contributed by atoms with Crippen molar-refractivity contribution in [2.45, 2.75) is 26.6 Å². The molecule has 1 fully saturated rings. The van der Waals surface area contributed by atoms with Gasteiger partial charge in [-0.15, -0.1) is 0 Å². The van der Waals surface area contributed by atoms with E-state index in [1.165, 1.54) is 0 Å². The first kappa shape index (κ1) is 19.4. The first-order chi connectivity index (χ1) is 13.8. The minimum atomic E-state index is -4.42. The maximum atomic E-state index is 13.1. The van der Waals surface area contributed by atoms with Crippen LogP contribution in [0.25, 0.3) is 11.0 Å². The molecule has 1 aliphatic rings. The van der Waals surface area contributed by atoms with Gasteiger partial charge in [-0.3, -0.25) is 0 Å². The Morgan fingerprint density at radius 3 is 2.62 bits per heavy atom. The van der Waals surface area contributed by atoms with Gasteiger partial charge in [0.15, 0.2) is 5.82 Å². The van der Waals surface area contributed by atoms with E-state index in [2.05, 4.69) is 30.7 Å². The lowest BCUT2D eigenvalue weighted by atomic mass is 10.3. The van der Waals surface area contributed by atoms with Crippen molar-refractivity contribution in [2.24, 2.45) is 0 Å². The molecule has 4 rings (SSSR count). The van der Waals surface area contributed by atoms with E-state index >= 15 is 0 Å². The van der Waals surface area contributed by atoms with Gasteiger partial charge in [-0.2, -0.15) is 23.3 Å². The summed E-state index contributed by atoms with van der Waals surface area (Å²) in [6.45, 7) is 5.34. The molecule has 0 radical (unpaired) electrons. The summed E-state index contributed by atoms with van der Waals surface area (Å²) >= 11 is 0. The zero-order chi connectivity index (χ0) is 20.6. The molecule has 0 spiro atoms. The molecule has 0 amide bonds. The quantitative estimate of drug-likeness (QED) is 0.689. The molecule has 0 atom stereocenters. The number of nitrogens with zero attached hydrogens (tertiary/aromatic N) is 6. The lowest BCUT2D eigenvalue weighted by molar-refractivity contribution is -0.141. The fourth-order valence-corrected chi connectivity index (χ4v) is 3.32. The molecule has 0 bridgehead atoms. The molecule has 3 aromatic rings. The largest absolute Gasteiger partial charge is 0.408 e. The molecule has 8 nitrogen and oxygen atoms in total. The maximum absolute atomic E-state index is 13.1. The molecule has 2 N–H and O–H groups in total. The van der Waals surface area contributed by atoms with Gasteiger partial charge in [0.25, 0.3) is 0 Å². The fraction of sp³-hybridized carbons (Fsp3) is 0.444. The van der Waals surface area contributed by atoms with E-state index < -0.39 is 12.7 Å². The van der Waals surface area contributed by atoms with Gasteiger partial charge in [-0.1, -0.05) is 0 Å². The van der Waals surface area contributed by atoms with Gasteiger partial charge in [0.1, 0.15) is 23.4 Å². The number of fused-ring (bicyclic) bond motifs is 1. The van der Waals surface area contributed by atoms with Gasteiger partial charge in [-0.05, 0) is 31.5 Å². The first-order valence-electron chi connectivity index (χ1n) is 9.27. The average molecular weight is 406 g/mol. The second-order valence-electron chi connectivity index (χ2n) is 7.01. The second-order valence-corrected chi connectivity index (χ2v) is 7.01. The van der Waals surface area contributed by atoms with Gasteiger partial charge in [0.2, 0.25) is 5.95 Å². The number of piperazine rings is 1. The number of halogens is 3. The summed E-state index contributed by atoms with van der Waals surface area (Å²) < 4.78 is 40.2. The van der Waals surface area contributed by atoms with E-state index in [1.807, 2.05) is 17.9 Å². The third kappa shape index (κ3) is 4.24. The van der Waals surface area contributed by atoms with Crippen molar-refractivity contribution in [3.8, 4) is 0 Å². The van der Waals surface area contributed by atoms with Crippen molar-refractivity contribution in [1.82, 2.24) is 30.0 Å². The summed E-state index contributed by atoms with van der Waals surface area (Å²) in [4.78, 5) is 15.4. The zero-order valence-corrected chi connectivity index (χ0v) is 16.1. The van der Waals surface area contributed by atoms with E-state index in [9.17, 15) is 13.2 Å². The normalized spacial score (nSPS) is 15.1. The van der Waals surface area contributed by atoms with Crippen molar-refractivity contribution in [2.75, 3.05) is 36.4 Å². The minimum absolute atomic E-state index is 0.210. The molecule has 3 aromatic heterocycles. The first-order valence-corrected chi connectivity index (χ1v) is 9.27. The van der Waals surface area contributed by atoms with Crippen LogP contribution in [0.4, 0.5) is 30.8 Å². The van der Waals surface area contributed by atoms with Crippen LogP contribution in [0.2, 0.25) is 0 Å². The zero-order valence-electron chi connectivity index (χ0n) is 16.1. The van der Waals surface area contributed by atoms with E-state index in [4.69, 9.17) is 0 Å². The molecular weight excluding hydrogens is 385 g/mol. The van der Waals surface area contributed by atoms with Crippen molar-refractivity contribution >= 4 is 28.6 Å². The number of anilines is 3. The molecule has 0 aliphatic carbocycles. The number of nitrogens with one attached hydrogen (secondary N) is 2. The van der Waals surface area contributed by atoms with Crippen LogP contribution in [0.5, 0.6) is 0 Å². The highest BCUT2D eigenvalue weighted by Crippen LogP contribution is 2.30. The Kier molecular flexibility index (Phi) is 4.99. The van der Waals surface area contributed by atoms with Crippen molar-refractivity contribution < 1.29 is 13.2 Å². The Balaban J connectivity index is 1.85. The van der Waals surface area contributed by atoms with Gasteiger partial charge in [0, 0.05) is 32.4 Å². The number of pyridine rings is 1. The molecule has 0 aromatic carbocycles. The van der Waals surface area contributed by atoms with Gasteiger partial charge < -0.3 is 15.5 Å². The lowest BCUT2D eigenvalue weighted by Gasteiger charge is -2.27. The van der Waals surface area contributed by atoms with E-state index in [0.29, 0.717) is 36.1 Å². The predicted molar refractivity (Wildman–Crippen MR) is 103 cm³/mol. The number of hydrogen-bond donors (Lipinski definition) is 2. The average Bonchev–Trinajstić information content (AvgIpc) is 2.96. The second kappa shape index (κ2) is 7.47. The molecule has 0 saturated carbocycles. The summed E-state index contributed by atoms with van der Waals surface area (Å²) in [5.41, 5.74) is 1.99. The molecule has 154 valence electrons. The third-order valence-corrected chi connectivity index (χ3v) is 4.63. The summed E-state index contributed by atoms with van der Waals surface area (Å²) in [5, 5.41) is 10.4. The fourth-order valence-electron chi connectivity index (χ4n) is 3.32. The monoisotopic (exact) mass is 406 g/mol. The van der Waals surface area contributed by atoms with Crippen LogP contribution in [-0.2, 0) is 6.54 Å². The highest BCUT2D eigenvalue weighted by molar-refractivity contribution is 5.90. The van der Waals surface area contributed by atoms with Crippen LogP contribution in [0.15, 0.2) is 18.3 Å². The Labute approximate surface area is 165 Å².